The molecule has 6 heteroatoms. The highest BCUT2D eigenvalue weighted by Crippen LogP contribution is 2.11. The van der Waals surface area contributed by atoms with E-state index in [1.165, 1.54) is 4.68 Å². The molecule has 1 amide bonds. The summed E-state index contributed by atoms with van der Waals surface area (Å²) in [6, 6.07) is 14.3. The third-order valence-electron chi connectivity index (χ3n) is 2.88. The number of carbonyl (C=O) groups excluding carboxylic acids is 1. The summed E-state index contributed by atoms with van der Waals surface area (Å²) in [7, 11) is 0. The second-order valence-corrected chi connectivity index (χ2v) is 4.72. The van der Waals surface area contributed by atoms with Crippen LogP contribution in [0.4, 0.5) is 4.79 Å². The van der Waals surface area contributed by atoms with Crippen LogP contribution in [0.2, 0.25) is 5.02 Å². The van der Waals surface area contributed by atoms with Gasteiger partial charge in [0.05, 0.1) is 5.52 Å². The maximum atomic E-state index is 12.1. The van der Waals surface area contributed by atoms with E-state index in [9.17, 15) is 4.79 Å². The molecule has 0 radical (unpaired) electrons. The molecule has 0 saturated carbocycles. The van der Waals surface area contributed by atoms with Crippen LogP contribution in [-0.4, -0.2) is 21.0 Å². The molecule has 0 fully saturated rings. The number of nitrogens with zero attached hydrogens (tertiary/aromatic N) is 3. The lowest BCUT2D eigenvalue weighted by Gasteiger charge is -2.05. The summed E-state index contributed by atoms with van der Waals surface area (Å²) < 4.78 is 1.25. The number of hydrogen-bond acceptors (Lipinski definition) is 3. The number of nitrogens with one attached hydrogen (secondary N) is 1. The fourth-order valence-electron chi connectivity index (χ4n) is 1.92. The van der Waals surface area contributed by atoms with Crippen molar-refractivity contribution in [3.05, 3.63) is 59.1 Å². The molecule has 100 valence electrons. The number of para-hydroxylation sites is 1. The van der Waals surface area contributed by atoms with Crippen LogP contribution in [0.3, 0.4) is 0 Å². The summed E-state index contributed by atoms with van der Waals surface area (Å²) in [6.07, 6.45) is 0. The van der Waals surface area contributed by atoms with Crippen molar-refractivity contribution in [2.24, 2.45) is 0 Å². The van der Waals surface area contributed by atoms with Crippen LogP contribution in [0.5, 0.6) is 0 Å². The number of carbonyl (C=O) groups is 1. The molecule has 1 heterocycles. The molecular formula is C14H11ClN4O. The van der Waals surface area contributed by atoms with Gasteiger partial charge < -0.3 is 5.32 Å². The number of fused-ring (bicyclic) bond motifs is 1. The molecule has 5 nitrogen and oxygen atoms in total. The topological polar surface area (TPSA) is 59.8 Å². The van der Waals surface area contributed by atoms with Crippen molar-refractivity contribution in [1.29, 1.82) is 0 Å². The Hall–Kier alpha value is -2.40. The third-order valence-corrected chi connectivity index (χ3v) is 3.11. The fraction of sp³-hybridized carbons (Fsp3) is 0.0714. The largest absolute Gasteiger partial charge is 0.344 e. The Morgan fingerprint density at radius 1 is 1.20 bits per heavy atom. The second-order valence-electron chi connectivity index (χ2n) is 4.28. The monoisotopic (exact) mass is 286 g/mol. The number of hydrogen-bond donors (Lipinski definition) is 1. The van der Waals surface area contributed by atoms with Gasteiger partial charge in [0.15, 0.2) is 0 Å². The number of rotatable bonds is 2. The van der Waals surface area contributed by atoms with Gasteiger partial charge in [-0.25, -0.2) is 4.79 Å². The van der Waals surface area contributed by atoms with E-state index in [0.29, 0.717) is 22.6 Å². The minimum absolute atomic E-state index is 0.321. The van der Waals surface area contributed by atoms with Gasteiger partial charge >= 0.3 is 6.03 Å². The predicted molar refractivity (Wildman–Crippen MR) is 76.6 cm³/mol. The summed E-state index contributed by atoms with van der Waals surface area (Å²) in [5.41, 5.74) is 2.29. The molecule has 1 N–H and O–H groups in total. The van der Waals surface area contributed by atoms with E-state index in [-0.39, 0.29) is 6.03 Å². The molecule has 1 aromatic heterocycles. The molecule has 0 aliphatic heterocycles. The molecule has 0 saturated heterocycles. The number of halogens is 1. The average molecular weight is 287 g/mol. The van der Waals surface area contributed by atoms with Crippen LogP contribution < -0.4 is 5.32 Å². The normalized spacial score (nSPS) is 10.7. The molecule has 0 unspecified atom stereocenters. The first-order valence-electron chi connectivity index (χ1n) is 6.07. The number of aromatic nitrogens is 3. The third kappa shape index (κ3) is 2.48. The summed E-state index contributed by atoms with van der Waals surface area (Å²) in [4.78, 5) is 12.1. The number of benzene rings is 2. The average Bonchev–Trinajstić information content (AvgIpc) is 2.89. The zero-order chi connectivity index (χ0) is 13.9. The van der Waals surface area contributed by atoms with E-state index in [1.54, 1.807) is 18.2 Å². The van der Waals surface area contributed by atoms with Gasteiger partial charge in [0.25, 0.3) is 0 Å². The van der Waals surface area contributed by atoms with Gasteiger partial charge in [-0.05, 0) is 29.8 Å². The van der Waals surface area contributed by atoms with Crippen molar-refractivity contribution in [2.45, 2.75) is 6.54 Å². The minimum Gasteiger partial charge on any atom is -0.332 e. The highest BCUT2D eigenvalue weighted by Gasteiger charge is 2.10. The Labute approximate surface area is 120 Å². The highest BCUT2D eigenvalue weighted by atomic mass is 35.5. The Bertz CT molecular complexity index is 768. The first-order chi connectivity index (χ1) is 9.74. The molecule has 2 aromatic carbocycles. The van der Waals surface area contributed by atoms with Crippen molar-refractivity contribution in [3.8, 4) is 0 Å². The van der Waals surface area contributed by atoms with Gasteiger partial charge in [-0.15, -0.1) is 5.10 Å². The van der Waals surface area contributed by atoms with Gasteiger partial charge in [-0.2, -0.15) is 4.68 Å². The van der Waals surface area contributed by atoms with Gasteiger partial charge in [0.1, 0.15) is 5.52 Å². The molecule has 0 spiro atoms. The van der Waals surface area contributed by atoms with Crippen LogP contribution >= 0.6 is 11.6 Å². The van der Waals surface area contributed by atoms with Gasteiger partial charge in [-0.1, -0.05) is 41.1 Å². The van der Waals surface area contributed by atoms with E-state index in [4.69, 9.17) is 11.6 Å². The molecule has 0 aliphatic carbocycles. The van der Waals surface area contributed by atoms with E-state index >= 15 is 0 Å². The van der Waals surface area contributed by atoms with E-state index in [1.807, 2.05) is 30.3 Å². The second kappa shape index (κ2) is 5.30. The lowest BCUT2D eigenvalue weighted by molar-refractivity contribution is 0.239. The van der Waals surface area contributed by atoms with E-state index in [2.05, 4.69) is 15.6 Å². The molecule has 0 atom stereocenters. The Morgan fingerprint density at radius 2 is 2.05 bits per heavy atom. The minimum atomic E-state index is -0.321. The molecule has 3 rings (SSSR count). The first kappa shape index (κ1) is 12.6. The van der Waals surface area contributed by atoms with Crippen molar-refractivity contribution in [1.82, 2.24) is 20.3 Å². The molecular weight excluding hydrogens is 276 g/mol. The lowest BCUT2D eigenvalue weighted by atomic mass is 10.2. The summed E-state index contributed by atoms with van der Waals surface area (Å²) in [5.74, 6) is 0. The van der Waals surface area contributed by atoms with Crippen LogP contribution in [0.25, 0.3) is 11.0 Å². The van der Waals surface area contributed by atoms with Gasteiger partial charge in [0.2, 0.25) is 0 Å². The van der Waals surface area contributed by atoms with Crippen molar-refractivity contribution >= 4 is 28.7 Å². The molecule has 0 aliphatic rings. The summed E-state index contributed by atoms with van der Waals surface area (Å²) >= 11 is 5.90. The Morgan fingerprint density at radius 3 is 2.90 bits per heavy atom. The summed E-state index contributed by atoms with van der Waals surface area (Å²) in [6.45, 7) is 0.383. The smallest absolute Gasteiger partial charge is 0.332 e. The van der Waals surface area contributed by atoms with Crippen LogP contribution in [0, 0.1) is 0 Å². The molecule has 0 bridgehead atoms. The standard InChI is InChI=1S/C14H11ClN4O/c15-11-5-3-4-10(8-11)9-16-14(20)19-13-7-2-1-6-12(13)17-18-19/h1-8H,9H2,(H,16,20). The SMILES string of the molecule is O=C(NCc1cccc(Cl)c1)n1nnc2ccccc21. The zero-order valence-corrected chi connectivity index (χ0v) is 11.2. The molecule has 20 heavy (non-hydrogen) atoms. The Kier molecular flexibility index (Phi) is 3.35. The first-order valence-corrected chi connectivity index (χ1v) is 6.45. The van der Waals surface area contributed by atoms with Crippen LogP contribution in [-0.2, 0) is 6.54 Å². The van der Waals surface area contributed by atoms with Crippen molar-refractivity contribution < 1.29 is 4.79 Å². The van der Waals surface area contributed by atoms with Crippen molar-refractivity contribution in [3.63, 3.8) is 0 Å². The van der Waals surface area contributed by atoms with Crippen LogP contribution in [0.1, 0.15) is 5.56 Å². The van der Waals surface area contributed by atoms with Crippen LogP contribution in [0.15, 0.2) is 48.5 Å². The Balaban J connectivity index is 1.76. The van der Waals surface area contributed by atoms with Crippen molar-refractivity contribution in [2.75, 3.05) is 0 Å². The number of amides is 1. The van der Waals surface area contributed by atoms with E-state index < -0.39 is 0 Å². The zero-order valence-electron chi connectivity index (χ0n) is 10.5. The maximum Gasteiger partial charge on any atom is 0.344 e. The quantitative estimate of drug-likeness (QED) is 0.788. The summed E-state index contributed by atoms with van der Waals surface area (Å²) in [5, 5.41) is 11.2. The predicted octanol–water partition coefficient (Wildman–Crippen LogP) is 2.84. The highest BCUT2D eigenvalue weighted by molar-refractivity contribution is 6.30. The lowest BCUT2D eigenvalue weighted by Crippen LogP contribution is -2.28. The van der Waals surface area contributed by atoms with Gasteiger partial charge in [0, 0.05) is 11.6 Å². The maximum absolute atomic E-state index is 12.1. The molecule has 3 aromatic rings. The fourth-order valence-corrected chi connectivity index (χ4v) is 2.13. The van der Waals surface area contributed by atoms with Gasteiger partial charge in [-0.3, -0.25) is 0 Å². The van der Waals surface area contributed by atoms with E-state index in [0.717, 1.165) is 5.56 Å².